The number of amides is 3. The molecule has 0 aliphatic heterocycles. The Morgan fingerprint density at radius 1 is 0.943 bits per heavy atom. The lowest BCUT2D eigenvalue weighted by Crippen LogP contribution is -2.45. The molecule has 0 bridgehead atoms. The zero-order chi connectivity index (χ0) is 25.9. The standard InChI is InChI=1S/C28H37N5O2/c1-18(2)32(27(35)30-26-20(4)13-11-14-21(26)5)17-25(34)29-24-16-23(28(6,7)8)31-33(24)22-15-10-9-12-19(22)3/h9-16,18H,17H2,1-8H3,(H,29,34)(H,30,35). The largest absolute Gasteiger partial charge is 0.322 e. The summed E-state index contributed by atoms with van der Waals surface area (Å²) >= 11 is 0. The molecule has 0 atom stereocenters. The van der Waals surface area contributed by atoms with Gasteiger partial charge < -0.3 is 15.5 Å². The van der Waals surface area contributed by atoms with Gasteiger partial charge in [0.2, 0.25) is 5.91 Å². The molecular weight excluding hydrogens is 438 g/mol. The van der Waals surface area contributed by atoms with Crippen molar-refractivity contribution in [1.29, 1.82) is 0 Å². The third kappa shape index (κ3) is 6.10. The number of rotatable bonds is 6. The van der Waals surface area contributed by atoms with Gasteiger partial charge in [0.05, 0.1) is 11.4 Å². The number of carbonyl (C=O) groups excluding carboxylic acids is 2. The lowest BCUT2D eigenvalue weighted by molar-refractivity contribution is -0.117. The Morgan fingerprint density at radius 3 is 2.11 bits per heavy atom. The highest BCUT2D eigenvalue weighted by Crippen LogP contribution is 2.27. The van der Waals surface area contributed by atoms with Crippen molar-refractivity contribution >= 4 is 23.4 Å². The SMILES string of the molecule is Cc1ccccc1-n1nc(C(C)(C)C)cc1NC(=O)CN(C(=O)Nc1c(C)cccc1C)C(C)C. The van der Waals surface area contributed by atoms with E-state index in [9.17, 15) is 9.59 Å². The fourth-order valence-corrected chi connectivity index (χ4v) is 3.84. The summed E-state index contributed by atoms with van der Waals surface area (Å²) in [6.45, 7) is 15.9. The number of urea groups is 1. The van der Waals surface area contributed by atoms with Gasteiger partial charge in [0.1, 0.15) is 12.4 Å². The molecule has 3 rings (SSSR count). The summed E-state index contributed by atoms with van der Waals surface area (Å²) in [6.07, 6.45) is 0. The molecule has 0 fully saturated rings. The molecule has 3 amide bonds. The first-order valence-corrected chi connectivity index (χ1v) is 12.0. The van der Waals surface area contributed by atoms with Crippen molar-refractivity contribution in [3.05, 3.63) is 70.9 Å². The van der Waals surface area contributed by atoms with E-state index in [2.05, 4.69) is 31.4 Å². The Bertz CT molecular complexity index is 1200. The van der Waals surface area contributed by atoms with Crippen LogP contribution in [-0.4, -0.2) is 39.2 Å². The molecule has 3 aromatic rings. The second-order valence-electron chi connectivity index (χ2n) is 10.3. The Hall–Kier alpha value is -3.61. The lowest BCUT2D eigenvalue weighted by Gasteiger charge is -2.27. The highest BCUT2D eigenvalue weighted by molar-refractivity contribution is 5.97. The van der Waals surface area contributed by atoms with Gasteiger partial charge in [-0.25, -0.2) is 9.48 Å². The molecule has 0 unspecified atom stereocenters. The second-order valence-corrected chi connectivity index (χ2v) is 10.3. The molecule has 0 aliphatic carbocycles. The van der Waals surface area contributed by atoms with Gasteiger partial charge in [-0.05, 0) is 57.4 Å². The van der Waals surface area contributed by atoms with Gasteiger partial charge in [0.25, 0.3) is 0 Å². The van der Waals surface area contributed by atoms with Gasteiger partial charge >= 0.3 is 6.03 Å². The maximum absolute atomic E-state index is 13.2. The summed E-state index contributed by atoms with van der Waals surface area (Å²) in [7, 11) is 0. The summed E-state index contributed by atoms with van der Waals surface area (Å²) in [6, 6.07) is 15.2. The zero-order valence-electron chi connectivity index (χ0n) is 22.1. The zero-order valence-corrected chi connectivity index (χ0v) is 22.1. The number of nitrogens with one attached hydrogen (secondary N) is 2. The third-order valence-corrected chi connectivity index (χ3v) is 6.00. The van der Waals surface area contributed by atoms with Crippen molar-refractivity contribution in [2.24, 2.45) is 0 Å². The summed E-state index contributed by atoms with van der Waals surface area (Å²) < 4.78 is 1.77. The van der Waals surface area contributed by atoms with Gasteiger partial charge in [-0.2, -0.15) is 5.10 Å². The molecule has 1 heterocycles. The van der Waals surface area contributed by atoms with E-state index >= 15 is 0 Å². The van der Waals surface area contributed by atoms with Gasteiger partial charge in [-0.1, -0.05) is 57.2 Å². The average Bonchev–Trinajstić information content (AvgIpc) is 3.18. The topological polar surface area (TPSA) is 79.3 Å². The first-order valence-electron chi connectivity index (χ1n) is 12.0. The summed E-state index contributed by atoms with van der Waals surface area (Å²) in [5.74, 6) is 0.290. The summed E-state index contributed by atoms with van der Waals surface area (Å²) in [5.41, 5.74) is 5.34. The molecule has 35 heavy (non-hydrogen) atoms. The minimum atomic E-state index is -0.310. The highest BCUT2D eigenvalue weighted by atomic mass is 16.2. The maximum Gasteiger partial charge on any atom is 0.322 e. The number of anilines is 2. The van der Waals surface area contributed by atoms with E-state index in [0.29, 0.717) is 5.82 Å². The van der Waals surface area contributed by atoms with Crippen LogP contribution in [0.1, 0.15) is 57.0 Å². The lowest BCUT2D eigenvalue weighted by atomic mass is 9.92. The van der Waals surface area contributed by atoms with Crippen LogP contribution < -0.4 is 10.6 Å². The third-order valence-electron chi connectivity index (χ3n) is 6.00. The predicted molar refractivity (Wildman–Crippen MR) is 142 cm³/mol. The molecule has 186 valence electrons. The van der Waals surface area contributed by atoms with Crippen molar-refractivity contribution < 1.29 is 9.59 Å². The van der Waals surface area contributed by atoms with Gasteiger partial charge in [-0.15, -0.1) is 0 Å². The van der Waals surface area contributed by atoms with Crippen LogP contribution in [0.3, 0.4) is 0 Å². The van der Waals surface area contributed by atoms with Crippen LogP contribution in [-0.2, 0) is 10.2 Å². The van der Waals surface area contributed by atoms with Crippen LogP contribution in [0, 0.1) is 20.8 Å². The molecule has 2 N–H and O–H groups in total. The Kier molecular flexibility index (Phi) is 7.68. The van der Waals surface area contributed by atoms with E-state index in [4.69, 9.17) is 5.10 Å². The van der Waals surface area contributed by atoms with Crippen molar-refractivity contribution in [2.75, 3.05) is 17.2 Å². The van der Waals surface area contributed by atoms with Gasteiger partial charge in [0.15, 0.2) is 0 Å². The molecule has 0 saturated heterocycles. The van der Waals surface area contributed by atoms with Crippen LogP contribution in [0.2, 0.25) is 0 Å². The number of para-hydroxylation sites is 2. The van der Waals surface area contributed by atoms with Crippen molar-refractivity contribution in [3.63, 3.8) is 0 Å². The quantitative estimate of drug-likeness (QED) is 0.460. The minimum Gasteiger partial charge on any atom is -0.313 e. The number of hydrogen-bond donors (Lipinski definition) is 2. The van der Waals surface area contributed by atoms with Gasteiger partial charge in [0, 0.05) is 23.2 Å². The fraction of sp³-hybridized carbons (Fsp3) is 0.393. The number of carbonyl (C=O) groups is 2. The van der Waals surface area contributed by atoms with E-state index in [1.807, 2.05) is 83.1 Å². The maximum atomic E-state index is 13.2. The molecule has 7 nitrogen and oxygen atoms in total. The van der Waals surface area contributed by atoms with Crippen LogP contribution >= 0.6 is 0 Å². The molecule has 0 radical (unpaired) electrons. The monoisotopic (exact) mass is 475 g/mol. The number of aromatic nitrogens is 2. The normalized spacial score (nSPS) is 11.5. The smallest absolute Gasteiger partial charge is 0.313 e. The fourth-order valence-electron chi connectivity index (χ4n) is 3.84. The number of benzene rings is 2. The predicted octanol–water partition coefficient (Wildman–Crippen LogP) is 5.98. The highest BCUT2D eigenvalue weighted by Gasteiger charge is 2.25. The van der Waals surface area contributed by atoms with E-state index in [1.54, 1.807) is 4.68 Å². The number of nitrogens with zero attached hydrogens (tertiary/aromatic N) is 3. The molecule has 1 aromatic heterocycles. The van der Waals surface area contributed by atoms with Crippen molar-refractivity contribution in [1.82, 2.24) is 14.7 Å². The molecular formula is C28H37N5O2. The minimum absolute atomic E-state index is 0.0851. The van der Waals surface area contributed by atoms with Crippen LogP contribution in [0.5, 0.6) is 0 Å². The average molecular weight is 476 g/mol. The Labute approximate surface area is 208 Å². The molecule has 0 spiro atoms. The summed E-state index contributed by atoms with van der Waals surface area (Å²) in [5, 5.41) is 10.8. The van der Waals surface area contributed by atoms with Crippen LogP contribution in [0.4, 0.5) is 16.3 Å². The van der Waals surface area contributed by atoms with Crippen LogP contribution in [0.25, 0.3) is 5.69 Å². The summed E-state index contributed by atoms with van der Waals surface area (Å²) in [4.78, 5) is 27.8. The van der Waals surface area contributed by atoms with Crippen molar-refractivity contribution in [3.8, 4) is 5.69 Å². The second kappa shape index (κ2) is 10.3. The van der Waals surface area contributed by atoms with E-state index in [1.165, 1.54) is 4.90 Å². The molecule has 7 heteroatoms. The number of hydrogen-bond acceptors (Lipinski definition) is 3. The van der Waals surface area contributed by atoms with Crippen LogP contribution in [0.15, 0.2) is 48.5 Å². The Morgan fingerprint density at radius 2 is 1.54 bits per heavy atom. The van der Waals surface area contributed by atoms with E-state index in [-0.39, 0.29) is 29.9 Å². The molecule has 2 aromatic carbocycles. The molecule has 0 saturated carbocycles. The van der Waals surface area contributed by atoms with E-state index < -0.39 is 0 Å². The first-order chi connectivity index (χ1) is 16.4. The van der Waals surface area contributed by atoms with E-state index in [0.717, 1.165) is 33.8 Å². The molecule has 0 aliphatic rings. The Balaban J connectivity index is 1.85. The van der Waals surface area contributed by atoms with Gasteiger partial charge in [-0.3, -0.25) is 4.79 Å². The van der Waals surface area contributed by atoms with Crippen molar-refractivity contribution in [2.45, 2.75) is 66.8 Å². The first kappa shape index (κ1) is 26.0. The number of aryl methyl sites for hydroxylation is 3.